The number of nitrogens with zero attached hydrogens (tertiary/aromatic N) is 2. The zero-order valence-electron chi connectivity index (χ0n) is 12.9. The Morgan fingerprint density at radius 1 is 1.39 bits per heavy atom. The van der Waals surface area contributed by atoms with E-state index in [0.29, 0.717) is 36.3 Å². The molecule has 7 nitrogen and oxygen atoms in total. The second-order valence-corrected chi connectivity index (χ2v) is 4.94. The van der Waals surface area contributed by atoms with E-state index in [4.69, 9.17) is 14.2 Å². The van der Waals surface area contributed by atoms with Gasteiger partial charge in [0.2, 0.25) is 11.7 Å². The number of ether oxygens (including phenoxy) is 3. The van der Waals surface area contributed by atoms with E-state index in [1.807, 2.05) is 6.07 Å². The normalized spacial score (nSPS) is 13.1. The lowest BCUT2D eigenvalue weighted by atomic mass is 10.1. The van der Waals surface area contributed by atoms with Gasteiger partial charge in [0.25, 0.3) is 0 Å². The third kappa shape index (κ3) is 3.45. The van der Waals surface area contributed by atoms with Crippen molar-refractivity contribution in [3.8, 4) is 17.2 Å². The van der Waals surface area contributed by atoms with Crippen LogP contribution in [0.3, 0.4) is 0 Å². The van der Waals surface area contributed by atoms with E-state index in [0.717, 1.165) is 5.56 Å². The van der Waals surface area contributed by atoms with Crippen molar-refractivity contribution < 1.29 is 19.0 Å². The fourth-order valence-electron chi connectivity index (χ4n) is 2.21. The average molecular weight is 315 g/mol. The van der Waals surface area contributed by atoms with E-state index in [9.17, 15) is 4.79 Å². The van der Waals surface area contributed by atoms with Crippen molar-refractivity contribution >= 4 is 17.8 Å². The number of nitrogens with one attached hydrogen (secondary N) is 1. The van der Waals surface area contributed by atoms with Crippen LogP contribution in [-0.4, -0.2) is 36.0 Å². The first-order valence-corrected chi connectivity index (χ1v) is 7.12. The minimum Gasteiger partial charge on any atom is -0.493 e. The number of methoxy groups -OCH3 is 1. The number of fused-ring (bicyclic) bond motifs is 1. The smallest absolute Gasteiger partial charge is 0.249 e. The summed E-state index contributed by atoms with van der Waals surface area (Å²) in [4.78, 5) is 11.9. The van der Waals surface area contributed by atoms with Gasteiger partial charge in [-0.3, -0.25) is 9.48 Å². The maximum absolute atomic E-state index is 11.9. The highest BCUT2D eigenvalue weighted by Crippen LogP contribution is 2.40. The molecule has 2 heterocycles. The number of benzene rings is 1. The Balaban J connectivity index is 1.75. The van der Waals surface area contributed by atoms with Crippen LogP contribution in [0.15, 0.2) is 30.5 Å². The summed E-state index contributed by atoms with van der Waals surface area (Å²) in [6.45, 7) is 0.981. The van der Waals surface area contributed by atoms with Crippen LogP contribution in [-0.2, 0) is 11.8 Å². The molecule has 7 heteroatoms. The van der Waals surface area contributed by atoms with Gasteiger partial charge in [0.1, 0.15) is 13.2 Å². The molecule has 0 unspecified atom stereocenters. The Labute approximate surface area is 133 Å². The molecule has 3 rings (SSSR count). The molecule has 1 N–H and O–H groups in total. The van der Waals surface area contributed by atoms with Crippen LogP contribution in [0.1, 0.15) is 5.56 Å². The van der Waals surface area contributed by atoms with Gasteiger partial charge in [-0.1, -0.05) is 0 Å². The fraction of sp³-hybridized carbons (Fsp3) is 0.250. The first kappa shape index (κ1) is 15.0. The van der Waals surface area contributed by atoms with Crippen molar-refractivity contribution in [2.75, 3.05) is 25.6 Å². The first-order valence-electron chi connectivity index (χ1n) is 7.12. The minimum atomic E-state index is -0.266. The molecule has 1 aromatic carbocycles. The summed E-state index contributed by atoms with van der Waals surface area (Å²) in [6, 6.07) is 5.32. The SMILES string of the molecule is COc1cc(/C=C/C(=O)Nc2ccn(C)n2)cc2c1OCCO2. The Bertz CT molecular complexity index is 735. The summed E-state index contributed by atoms with van der Waals surface area (Å²) in [5.74, 6) is 2.01. The molecular formula is C16H17N3O4. The predicted molar refractivity (Wildman–Crippen MR) is 84.9 cm³/mol. The Kier molecular flexibility index (Phi) is 4.18. The van der Waals surface area contributed by atoms with Gasteiger partial charge in [-0.2, -0.15) is 5.10 Å². The molecule has 1 aliphatic rings. The van der Waals surface area contributed by atoms with E-state index in [2.05, 4.69) is 10.4 Å². The van der Waals surface area contributed by atoms with Crippen LogP contribution < -0.4 is 19.5 Å². The van der Waals surface area contributed by atoms with Gasteiger partial charge < -0.3 is 19.5 Å². The highest BCUT2D eigenvalue weighted by molar-refractivity contribution is 6.01. The van der Waals surface area contributed by atoms with Crippen LogP contribution in [0, 0.1) is 0 Å². The fourth-order valence-corrected chi connectivity index (χ4v) is 2.21. The van der Waals surface area contributed by atoms with Gasteiger partial charge in [0.05, 0.1) is 7.11 Å². The number of aromatic nitrogens is 2. The predicted octanol–water partition coefficient (Wildman–Crippen LogP) is 1.85. The zero-order chi connectivity index (χ0) is 16.2. The summed E-state index contributed by atoms with van der Waals surface area (Å²) < 4.78 is 18.0. The average Bonchev–Trinajstić information content (AvgIpc) is 2.97. The Morgan fingerprint density at radius 2 is 2.22 bits per heavy atom. The van der Waals surface area contributed by atoms with E-state index in [1.165, 1.54) is 6.08 Å². The van der Waals surface area contributed by atoms with Gasteiger partial charge in [-0.25, -0.2) is 0 Å². The minimum absolute atomic E-state index is 0.266. The van der Waals surface area contributed by atoms with Crippen LogP contribution in [0.2, 0.25) is 0 Å². The third-order valence-corrected chi connectivity index (χ3v) is 3.24. The first-order chi connectivity index (χ1) is 11.2. The lowest BCUT2D eigenvalue weighted by molar-refractivity contribution is -0.111. The number of anilines is 1. The van der Waals surface area contributed by atoms with Crippen molar-refractivity contribution in [1.29, 1.82) is 0 Å². The highest BCUT2D eigenvalue weighted by Gasteiger charge is 2.17. The molecule has 0 fully saturated rings. The maximum Gasteiger partial charge on any atom is 0.249 e. The molecular weight excluding hydrogens is 298 g/mol. The molecule has 0 saturated heterocycles. The standard InChI is InChI=1S/C16H17N3O4/c1-19-6-5-14(18-19)17-15(20)4-3-11-9-12(21-2)16-13(10-11)22-7-8-23-16/h3-6,9-10H,7-8H2,1-2H3,(H,17,18,20)/b4-3+. The zero-order valence-corrected chi connectivity index (χ0v) is 12.9. The Morgan fingerprint density at radius 3 is 2.96 bits per heavy atom. The molecule has 0 saturated carbocycles. The van der Waals surface area contributed by atoms with Crippen LogP contribution in [0.5, 0.6) is 17.2 Å². The van der Waals surface area contributed by atoms with E-state index < -0.39 is 0 Å². The quantitative estimate of drug-likeness (QED) is 0.872. The van der Waals surface area contributed by atoms with Gasteiger partial charge >= 0.3 is 0 Å². The van der Waals surface area contributed by atoms with Crippen molar-refractivity contribution in [3.05, 3.63) is 36.0 Å². The molecule has 0 radical (unpaired) electrons. The lowest BCUT2D eigenvalue weighted by Crippen LogP contribution is -2.16. The molecule has 23 heavy (non-hydrogen) atoms. The molecule has 120 valence electrons. The summed E-state index contributed by atoms with van der Waals surface area (Å²) in [5, 5.41) is 6.76. The number of carbonyl (C=O) groups is 1. The summed E-state index contributed by atoms with van der Waals surface area (Å²) in [7, 11) is 3.35. The number of hydrogen-bond acceptors (Lipinski definition) is 5. The lowest BCUT2D eigenvalue weighted by Gasteiger charge is -2.20. The van der Waals surface area contributed by atoms with E-state index in [1.54, 1.807) is 43.2 Å². The monoisotopic (exact) mass is 315 g/mol. The van der Waals surface area contributed by atoms with Crippen LogP contribution in [0.4, 0.5) is 5.82 Å². The summed E-state index contributed by atoms with van der Waals surface area (Å²) in [5.41, 5.74) is 0.780. The summed E-state index contributed by atoms with van der Waals surface area (Å²) in [6.07, 6.45) is 4.86. The molecule has 2 aromatic rings. The van der Waals surface area contributed by atoms with Gasteiger partial charge in [-0.05, 0) is 23.8 Å². The van der Waals surface area contributed by atoms with Gasteiger partial charge in [0, 0.05) is 25.4 Å². The van der Waals surface area contributed by atoms with E-state index >= 15 is 0 Å². The number of hydrogen-bond donors (Lipinski definition) is 1. The van der Waals surface area contributed by atoms with Crippen molar-refractivity contribution in [2.45, 2.75) is 0 Å². The highest BCUT2D eigenvalue weighted by atomic mass is 16.6. The molecule has 1 aliphatic heterocycles. The topological polar surface area (TPSA) is 74.6 Å². The summed E-state index contributed by atoms with van der Waals surface area (Å²) >= 11 is 0. The number of rotatable bonds is 4. The number of carbonyl (C=O) groups excluding carboxylic acids is 1. The third-order valence-electron chi connectivity index (χ3n) is 3.24. The van der Waals surface area contributed by atoms with Crippen LogP contribution in [0.25, 0.3) is 6.08 Å². The van der Waals surface area contributed by atoms with Crippen LogP contribution >= 0.6 is 0 Å². The largest absolute Gasteiger partial charge is 0.493 e. The van der Waals surface area contributed by atoms with Crippen molar-refractivity contribution in [1.82, 2.24) is 9.78 Å². The molecule has 1 amide bonds. The second-order valence-electron chi connectivity index (χ2n) is 4.94. The molecule has 0 atom stereocenters. The second kappa shape index (κ2) is 6.43. The maximum atomic E-state index is 11.9. The van der Waals surface area contributed by atoms with Gasteiger partial charge in [0.15, 0.2) is 17.3 Å². The molecule has 0 aliphatic carbocycles. The van der Waals surface area contributed by atoms with Crippen molar-refractivity contribution in [2.24, 2.45) is 7.05 Å². The van der Waals surface area contributed by atoms with Gasteiger partial charge in [-0.15, -0.1) is 0 Å². The molecule has 0 spiro atoms. The Hall–Kier alpha value is -2.96. The molecule has 0 bridgehead atoms. The molecule has 1 aromatic heterocycles. The number of aryl methyl sites for hydroxylation is 1. The number of amides is 1. The van der Waals surface area contributed by atoms with E-state index in [-0.39, 0.29) is 5.91 Å². The van der Waals surface area contributed by atoms with Crippen molar-refractivity contribution in [3.63, 3.8) is 0 Å².